The number of nitriles is 1. The van der Waals surface area contributed by atoms with Crippen molar-refractivity contribution in [3.05, 3.63) is 41.1 Å². The summed E-state index contributed by atoms with van der Waals surface area (Å²) in [5.74, 6) is 0. The molecule has 0 saturated carbocycles. The third kappa shape index (κ3) is 3.04. The predicted octanol–water partition coefficient (Wildman–Crippen LogP) is 3.57. The minimum absolute atomic E-state index is 0.242. The van der Waals surface area contributed by atoms with Crippen LogP contribution in [-0.4, -0.2) is 7.05 Å². The fourth-order valence-electron chi connectivity index (χ4n) is 1.64. The van der Waals surface area contributed by atoms with Crippen molar-refractivity contribution in [1.29, 1.82) is 5.26 Å². The second-order valence-corrected chi connectivity index (χ2v) is 3.65. The largest absolute Gasteiger partial charge is 0.416 e. The van der Waals surface area contributed by atoms with Gasteiger partial charge in [0.1, 0.15) is 6.07 Å². The molecule has 1 aromatic carbocycles. The third-order valence-corrected chi connectivity index (χ3v) is 2.55. The second-order valence-electron chi connectivity index (χ2n) is 3.65. The molecule has 0 radical (unpaired) electrons. The number of allylic oxidation sites excluding steroid dienone is 2. The van der Waals surface area contributed by atoms with E-state index in [9.17, 15) is 13.2 Å². The van der Waals surface area contributed by atoms with Crippen LogP contribution in [0.1, 0.15) is 24.5 Å². The summed E-state index contributed by atoms with van der Waals surface area (Å²) in [6.45, 7) is 1.83. The molecule has 2 nitrogen and oxygen atoms in total. The lowest BCUT2D eigenvalue weighted by Crippen LogP contribution is -2.09. The predicted molar refractivity (Wildman–Crippen MR) is 63.3 cm³/mol. The molecule has 0 heterocycles. The van der Waals surface area contributed by atoms with Gasteiger partial charge in [-0.3, -0.25) is 0 Å². The summed E-state index contributed by atoms with van der Waals surface area (Å²) in [5.41, 5.74) is 0.390. The van der Waals surface area contributed by atoms with Gasteiger partial charge in [-0.2, -0.15) is 18.4 Å². The van der Waals surface area contributed by atoms with Crippen molar-refractivity contribution in [2.24, 2.45) is 0 Å². The Morgan fingerprint density at radius 3 is 2.50 bits per heavy atom. The highest BCUT2D eigenvalue weighted by Gasteiger charge is 2.30. The van der Waals surface area contributed by atoms with E-state index < -0.39 is 11.7 Å². The first kappa shape index (κ1) is 14.1. The SMILES string of the molecule is CCC(NC)=C(C#N)c1cccc(C(F)(F)F)c1. The molecule has 18 heavy (non-hydrogen) atoms. The summed E-state index contributed by atoms with van der Waals surface area (Å²) in [5, 5.41) is 11.9. The standard InChI is InChI=1S/C13H13F3N2/c1-3-12(18-2)11(8-17)9-5-4-6-10(7-9)13(14,15)16/h4-7,18H,3H2,1-2H3. The van der Waals surface area contributed by atoms with E-state index in [1.54, 1.807) is 7.05 Å². The lowest BCUT2D eigenvalue weighted by atomic mass is 10.0. The number of alkyl halides is 3. The number of hydrogen-bond acceptors (Lipinski definition) is 2. The monoisotopic (exact) mass is 254 g/mol. The Morgan fingerprint density at radius 1 is 1.39 bits per heavy atom. The van der Waals surface area contributed by atoms with Gasteiger partial charge in [0.15, 0.2) is 0 Å². The van der Waals surface area contributed by atoms with E-state index in [1.807, 2.05) is 13.0 Å². The Bertz CT molecular complexity index is 490. The van der Waals surface area contributed by atoms with Crippen molar-refractivity contribution in [2.45, 2.75) is 19.5 Å². The van der Waals surface area contributed by atoms with Crippen LogP contribution in [0.4, 0.5) is 13.2 Å². The van der Waals surface area contributed by atoms with Gasteiger partial charge in [0.25, 0.3) is 0 Å². The fraction of sp³-hybridized carbons (Fsp3) is 0.308. The zero-order valence-corrected chi connectivity index (χ0v) is 10.1. The van der Waals surface area contributed by atoms with Crippen LogP contribution in [0.15, 0.2) is 30.0 Å². The summed E-state index contributed by atoms with van der Waals surface area (Å²) in [6, 6.07) is 6.73. The molecule has 0 amide bonds. The topological polar surface area (TPSA) is 35.8 Å². The van der Waals surface area contributed by atoms with Crippen LogP contribution in [0.3, 0.4) is 0 Å². The molecule has 0 aliphatic heterocycles. The van der Waals surface area contributed by atoms with Gasteiger partial charge in [-0.15, -0.1) is 0 Å². The number of rotatable bonds is 3. The molecule has 0 saturated heterocycles. The molecule has 0 fully saturated rings. The van der Waals surface area contributed by atoms with Crippen molar-refractivity contribution < 1.29 is 13.2 Å². The molecule has 1 rings (SSSR count). The quantitative estimate of drug-likeness (QED) is 0.837. The molecular weight excluding hydrogens is 241 g/mol. The highest BCUT2D eigenvalue weighted by Crippen LogP contribution is 2.31. The van der Waals surface area contributed by atoms with E-state index in [1.165, 1.54) is 12.1 Å². The number of nitrogens with zero attached hydrogens (tertiary/aromatic N) is 1. The van der Waals surface area contributed by atoms with Crippen LogP contribution in [0, 0.1) is 11.3 Å². The highest BCUT2D eigenvalue weighted by molar-refractivity contribution is 5.79. The highest BCUT2D eigenvalue weighted by atomic mass is 19.4. The molecule has 0 aliphatic carbocycles. The number of halogens is 3. The molecule has 0 bridgehead atoms. The summed E-state index contributed by atoms with van der Waals surface area (Å²) < 4.78 is 37.8. The van der Waals surface area contributed by atoms with Gasteiger partial charge in [0.2, 0.25) is 0 Å². The second kappa shape index (κ2) is 5.58. The van der Waals surface area contributed by atoms with Crippen molar-refractivity contribution >= 4 is 5.57 Å². The minimum atomic E-state index is -4.40. The smallest absolute Gasteiger partial charge is 0.390 e. The van der Waals surface area contributed by atoms with Crippen LogP contribution in [0.25, 0.3) is 5.57 Å². The summed E-state index contributed by atoms with van der Waals surface area (Å²) in [4.78, 5) is 0. The summed E-state index contributed by atoms with van der Waals surface area (Å²) >= 11 is 0. The maximum absolute atomic E-state index is 12.6. The molecule has 0 aromatic heterocycles. The van der Waals surface area contributed by atoms with Gasteiger partial charge in [0.05, 0.1) is 11.1 Å². The fourth-order valence-corrected chi connectivity index (χ4v) is 1.64. The van der Waals surface area contributed by atoms with Gasteiger partial charge in [-0.25, -0.2) is 0 Å². The van der Waals surface area contributed by atoms with Gasteiger partial charge >= 0.3 is 6.18 Å². The van der Waals surface area contributed by atoms with E-state index in [-0.39, 0.29) is 11.1 Å². The molecule has 0 spiro atoms. The van der Waals surface area contributed by atoms with Crippen LogP contribution in [0.2, 0.25) is 0 Å². The average molecular weight is 254 g/mol. The van der Waals surface area contributed by atoms with Crippen molar-refractivity contribution in [1.82, 2.24) is 5.32 Å². The molecule has 5 heteroatoms. The molecule has 0 unspecified atom stereocenters. The Labute approximate surface area is 104 Å². The Morgan fingerprint density at radius 2 is 2.06 bits per heavy atom. The minimum Gasteiger partial charge on any atom is -0.390 e. The maximum Gasteiger partial charge on any atom is 0.416 e. The van der Waals surface area contributed by atoms with Gasteiger partial charge < -0.3 is 5.32 Å². The maximum atomic E-state index is 12.6. The normalized spacial score (nSPS) is 12.7. The zero-order chi connectivity index (χ0) is 13.8. The van der Waals surface area contributed by atoms with Crippen LogP contribution in [-0.2, 0) is 6.18 Å². The van der Waals surface area contributed by atoms with Gasteiger partial charge in [-0.1, -0.05) is 19.1 Å². The molecule has 0 atom stereocenters. The van der Waals surface area contributed by atoms with Crippen LogP contribution < -0.4 is 5.32 Å². The van der Waals surface area contributed by atoms with E-state index in [2.05, 4.69) is 5.32 Å². The first-order chi connectivity index (χ1) is 8.43. The molecule has 0 aliphatic rings. The Kier molecular flexibility index (Phi) is 4.38. The van der Waals surface area contributed by atoms with Crippen molar-refractivity contribution in [2.75, 3.05) is 7.05 Å². The molecule has 1 aromatic rings. The average Bonchev–Trinajstić information content (AvgIpc) is 2.35. The molecule has 96 valence electrons. The van der Waals surface area contributed by atoms with E-state index >= 15 is 0 Å². The van der Waals surface area contributed by atoms with Crippen LogP contribution >= 0.6 is 0 Å². The van der Waals surface area contributed by atoms with Crippen LogP contribution in [0.5, 0.6) is 0 Å². The van der Waals surface area contributed by atoms with Gasteiger partial charge in [0, 0.05) is 12.7 Å². The van der Waals surface area contributed by atoms with E-state index in [0.29, 0.717) is 12.1 Å². The lowest BCUT2D eigenvalue weighted by molar-refractivity contribution is -0.137. The zero-order valence-electron chi connectivity index (χ0n) is 10.1. The Hall–Kier alpha value is -1.96. The van der Waals surface area contributed by atoms with Gasteiger partial charge in [-0.05, 0) is 24.1 Å². The van der Waals surface area contributed by atoms with E-state index in [4.69, 9.17) is 5.26 Å². The Balaban J connectivity index is 3.34. The molecule has 1 N–H and O–H groups in total. The lowest BCUT2D eigenvalue weighted by Gasteiger charge is -2.11. The number of nitrogens with one attached hydrogen (secondary N) is 1. The van der Waals surface area contributed by atoms with Crippen molar-refractivity contribution in [3.63, 3.8) is 0 Å². The van der Waals surface area contributed by atoms with Crippen molar-refractivity contribution in [3.8, 4) is 6.07 Å². The number of benzene rings is 1. The first-order valence-electron chi connectivity index (χ1n) is 5.42. The molecular formula is C13H13F3N2. The number of hydrogen-bond donors (Lipinski definition) is 1. The third-order valence-electron chi connectivity index (χ3n) is 2.55. The first-order valence-corrected chi connectivity index (χ1v) is 5.42. The summed E-state index contributed by atoms with van der Waals surface area (Å²) in [7, 11) is 1.64. The van der Waals surface area contributed by atoms with E-state index in [0.717, 1.165) is 12.1 Å². The summed E-state index contributed by atoms with van der Waals surface area (Å²) in [6.07, 6.45) is -3.85.